The van der Waals surface area contributed by atoms with E-state index in [0.29, 0.717) is 0 Å². The fraction of sp³-hybridized carbons (Fsp3) is 0.444. The molecule has 3 heteroatoms. The van der Waals surface area contributed by atoms with Crippen molar-refractivity contribution in [2.45, 2.75) is 26.2 Å². The third-order valence-corrected chi connectivity index (χ3v) is 2.39. The van der Waals surface area contributed by atoms with E-state index in [1.54, 1.807) is 6.07 Å². The van der Waals surface area contributed by atoms with Crippen molar-refractivity contribution in [2.75, 3.05) is 0 Å². The molecule has 0 N–H and O–H groups in total. The maximum absolute atomic E-state index is 12.8. The molecule has 0 saturated heterocycles. The van der Waals surface area contributed by atoms with Gasteiger partial charge in [-0.1, -0.05) is 20.8 Å². The van der Waals surface area contributed by atoms with E-state index in [-0.39, 0.29) is 5.41 Å². The van der Waals surface area contributed by atoms with E-state index in [4.69, 9.17) is 0 Å². The Kier molecular flexibility index (Phi) is 2.70. The minimum Gasteiger partial charge on any atom is -0.223 e. The molecule has 0 spiro atoms. The van der Waals surface area contributed by atoms with Gasteiger partial charge in [-0.05, 0) is 34.7 Å². The van der Waals surface area contributed by atoms with Gasteiger partial charge in [-0.3, -0.25) is 0 Å². The van der Waals surface area contributed by atoms with Gasteiger partial charge in [-0.25, -0.2) is 4.98 Å². The van der Waals surface area contributed by atoms with Crippen LogP contribution in [0.1, 0.15) is 26.5 Å². The van der Waals surface area contributed by atoms with E-state index < -0.39 is 5.95 Å². The first-order chi connectivity index (χ1) is 5.41. The number of hydrogen-bond acceptors (Lipinski definition) is 1. The van der Waals surface area contributed by atoms with Crippen molar-refractivity contribution in [2.24, 2.45) is 0 Å². The van der Waals surface area contributed by atoms with E-state index in [2.05, 4.69) is 27.6 Å². The molecule has 0 radical (unpaired) electrons. The van der Waals surface area contributed by atoms with Crippen LogP contribution in [-0.2, 0) is 5.41 Å². The summed E-state index contributed by atoms with van der Waals surface area (Å²) in [6.07, 6.45) is 0. The Hall–Kier alpha value is -0.190. The fourth-order valence-corrected chi connectivity index (χ4v) is 2.05. The number of hydrogen-bond donors (Lipinski definition) is 0. The predicted octanol–water partition coefficient (Wildman–Crippen LogP) is 3.12. The van der Waals surface area contributed by atoms with Crippen molar-refractivity contribution in [1.29, 1.82) is 0 Å². The van der Waals surface area contributed by atoms with Gasteiger partial charge in [-0.15, -0.1) is 0 Å². The molecule has 0 aromatic carbocycles. The van der Waals surface area contributed by atoms with Gasteiger partial charge < -0.3 is 0 Å². The molecule has 0 aliphatic rings. The highest BCUT2D eigenvalue weighted by molar-refractivity contribution is 14.1. The summed E-state index contributed by atoms with van der Waals surface area (Å²) in [4.78, 5) is 3.87. The Morgan fingerprint density at radius 1 is 1.33 bits per heavy atom. The van der Waals surface area contributed by atoms with Crippen molar-refractivity contribution < 1.29 is 4.39 Å². The summed E-state index contributed by atoms with van der Waals surface area (Å²) in [6, 6.07) is 3.14. The van der Waals surface area contributed by atoms with Crippen LogP contribution in [0, 0.1) is 9.52 Å². The summed E-state index contributed by atoms with van der Waals surface area (Å²) in [6.45, 7) is 6.07. The first kappa shape index (κ1) is 9.89. The average Bonchev–Trinajstić information content (AvgIpc) is 1.92. The van der Waals surface area contributed by atoms with Gasteiger partial charge in [0.15, 0.2) is 0 Å². The van der Waals surface area contributed by atoms with Crippen molar-refractivity contribution in [3.63, 3.8) is 0 Å². The largest absolute Gasteiger partial charge is 0.223 e. The fourth-order valence-electron chi connectivity index (χ4n) is 0.944. The molecule has 12 heavy (non-hydrogen) atoms. The summed E-state index contributed by atoms with van der Waals surface area (Å²) >= 11 is 2.17. The summed E-state index contributed by atoms with van der Waals surface area (Å²) in [5, 5.41) is 0. The first-order valence-corrected chi connectivity index (χ1v) is 4.81. The lowest BCUT2D eigenvalue weighted by Gasteiger charge is -2.18. The SMILES string of the molecule is CC(C)(C)c1nc(F)ccc1I. The maximum atomic E-state index is 12.8. The highest BCUT2D eigenvalue weighted by Crippen LogP contribution is 2.24. The van der Waals surface area contributed by atoms with Crippen molar-refractivity contribution in [3.8, 4) is 0 Å². The molecular weight excluding hydrogens is 268 g/mol. The maximum Gasteiger partial charge on any atom is 0.213 e. The van der Waals surface area contributed by atoms with Crippen molar-refractivity contribution >= 4 is 22.6 Å². The van der Waals surface area contributed by atoms with Gasteiger partial charge in [0.05, 0.1) is 5.69 Å². The second kappa shape index (κ2) is 3.28. The van der Waals surface area contributed by atoms with Gasteiger partial charge in [-0.2, -0.15) is 4.39 Å². The number of halogens is 2. The molecule has 1 heterocycles. The minimum absolute atomic E-state index is 0.0847. The number of rotatable bonds is 0. The zero-order valence-electron chi connectivity index (χ0n) is 7.36. The second-order valence-electron chi connectivity index (χ2n) is 3.71. The Morgan fingerprint density at radius 3 is 2.33 bits per heavy atom. The third kappa shape index (κ3) is 2.15. The smallest absolute Gasteiger partial charge is 0.213 e. The average molecular weight is 279 g/mol. The predicted molar refractivity (Wildman–Crippen MR) is 55.6 cm³/mol. The standard InChI is InChI=1S/C9H11FIN/c1-9(2,3)8-6(11)4-5-7(10)12-8/h4-5H,1-3H3. The Bertz CT molecular complexity index is 291. The number of pyridine rings is 1. The zero-order chi connectivity index (χ0) is 9.35. The molecule has 1 rings (SSSR count). The van der Waals surface area contributed by atoms with E-state index in [9.17, 15) is 4.39 Å². The molecule has 0 bridgehead atoms. The topological polar surface area (TPSA) is 12.9 Å². The summed E-state index contributed by atoms with van der Waals surface area (Å²) in [7, 11) is 0. The summed E-state index contributed by atoms with van der Waals surface area (Å²) in [5.74, 6) is -0.402. The van der Waals surface area contributed by atoms with Gasteiger partial charge in [0.2, 0.25) is 5.95 Å². The van der Waals surface area contributed by atoms with Gasteiger partial charge in [0, 0.05) is 8.99 Å². The molecule has 0 unspecified atom stereocenters. The molecule has 0 atom stereocenters. The molecule has 0 amide bonds. The quantitative estimate of drug-likeness (QED) is 0.525. The number of aromatic nitrogens is 1. The van der Waals surface area contributed by atoms with Crippen LogP contribution in [0.15, 0.2) is 12.1 Å². The zero-order valence-corrected chi connectivity index (χ0v) is 9.52. The minimum atomic E-state index is -0.402. The molecular formula is C9H11FIN. The summed E-state index contributed by atoms with van der Waals surface area (Å²) in [5.41, 5.74) is 0.738. The lowest BCUT2D eigenvalue weighted by atomic mass is 9.92. The monoisotopic (exact) mass is 279 g/mol. The normalized spacial score (nSPS) is 11.8. The molecule has 1 nitrogen and oxygen atoms in total. The second-order valence-corrected chi connectivity index (χ2v) is 4.88. The molecule has 0 aliphatic heterocycles. The number of nitrogens with zero attached hydrogens (tertiary/aromatic N) is 1. The molecule has 0 saturated carbocycles. The molecule has 1 aromatic rings. The van der Waals surface area contributed by atoms with E-state index in [1.807, 2.05) is 20.8 Å². The Morgan fingerprint density at radius 2 is 1.92 bits per heavy atom. The van der Waals surface area contributed by atoms with Crippen molar-refractivity contribution in [1.82, 2.24) is 4.98 Å². The third-order valence-electron chi connectivity index (χ3n) is 1.52. The molecule has 1 aromatic heterocycles. The van der Waals surface area contributed by atoms with Crippen LogP contribution in [0.2, 0.25) is 0 Å². The van der Waals surface area contributed by atoms with Gasteiger partial charge >= 0.3 is 0 Å². The van der Waals surface area contributed by atoms with E-state index in [0.717, 1.165) is 9.26 Å². The van der Waals surface area contributed by atoms with E-state index >= 15 is 0 Å². The van der Waals surface area contributed by atoms with Crippen LogP contribution in [0.25, 0.3) is 0 Å². The first-order valence-electron chi connectivity index (χ1n) is 3.74. The van der Waals surface area contributed by atoms with Crippen LogP contribution in [0.5, 0.6) is 0 Å². The molecule has 0 aliphatic carbocycles. The highest BCUT2D eigenvalue weighted by Gasteiger charge is 2.19. The summed E-state index contributed by atoms with van der Waals surface area (Å²) < 4.78 is 13.8. The van der Waals surface area contributed by atoms with Crippen molar-refractivity contribution in [3.05, 3.63) is 27.3 Å². The lowest BCUT2D eigenvalue weighted by Crippen LogP contribution is -2.16. The van der Waals surface area contributed by atoms with Crippen LogP contribution < -0.4 is 0 Å². The molecule has 66 valence electrons. The lowest BCUT2D eigenvalue weighted by molar-refractivity contribution is 0.520. The van der Waals surface area contributed by atoms with E-state index in [1.165, 1.54) is 6.07 Å². The van der Waals surface area contributed by atoms with Gasteiger partial charge in [0.25, 0.3) is 0 Å². The Balaban J connectivity index is 3.23. The highest BCUT2D eigenvalue weighted by atomic mass is 127. The Labute approximate surface area is 85.5 Å². The molecule has 0 fully saturated rings. The van der Waals surface area contributed by atoms with Crippen LogP contribution >= 0.6 is 22.6 Å². The van der Waals surface area contributed by atoms with Crippen LogP contribution in [0.4, 0.5) is 4.39 Å². The van der Waals surface area contributed by atoms with Crippen LogP contribution in [-0.4, -0.2) is 4.98 Å². The van der Waals surface area contributed by atoms with Gasteiger partial charge in [0.1, 0.15) is 0 Å². The van der Waals surface area contributed by atoms with Crippen LogP contribution in [0.3, 0.4) is 0 Å².